The minimum atomic E-state index is 0.247. The number of aryl methyl sites for hydroxylation is 3. The standard InChI is InChI=1S/C15H14ClN5/c1-9-5-4-6-12(7-9)13-19-14(16)21(20-13)15-17-10(2)8-11(3)18-15/h4-8H,1-3H3. The third-order valence-electron chi connectivity index (χ3n) is 3.00. The molecule has 0 aliphatic carbocycles. The van der Waals surface area contributed by atoms with Crippen molar-refractivity contribution in [3.63, 3.8) is 0 Å². The highest BCUT2D eigenvalue weighted by molar-refractivity contribution is 6.28. The highest BCUT2D eigenvalue weighted by atomic mass is 35.5. The van der Waals surface area contributed by atoms with Gasteiger partial charge < -0.3 is 0 Å². The first-order chi connectivity index (χ1) is 10.0. The molecule has 0 saturated carbocycles. The van der Waals surface area contributed by atoms with Crippen molar-refractivity contribution in [2.75, 3.05) is 0 Å². The zero-order valence-electron chi connectivity index (χ0n) is 12.0. The molecule has 0 atom stereocenters. The lowest BCUT2D eigenvalue weighted by molar-refractivity contribution is 0.795. The van der Waals surface area contributed by atoms with Crippen molar-refractivity contribution in [1.82, 2.24) is 24.7 Å². The Morgan fingerprint density at radius 2 is 1.67 bits per heavy atom. The van der Waals surface area contributed by atoms with Crippen LogP contribution in [-0.2, 0) is 0 Å². The summed E-state index contributed by atoms with van der Waals surface area (Å²) in [6.07, 6.45) is 0. The molecule has 0 saturated heterocycles. The fourth-order valence-electron chi connectivity index (χ4n) is 2.13. The summed E-state index contributed by atoms with van der Waals surface area (Å²) in [5.74, 6) is 0.996. The largest absolute Gasteiger partial charge is 0.253 e. The van der Waals surface area contributed by atoms with Crippen molar-refractivity contribution in [2.24, 2.45) is 0 Å². The van der Waals surface area contributed by atoms with Gasteiger partial charge >= 0.3 is 0 Å². The van der Waals surface area contributed by atoms with Gasteiger partial charge in [0.1, 0.15) is 0 Å². The first-order valence-electron chi connectivity index (χ1n) is 6.55. The summed E-state index contributed by atoms with van der Waals surface area (Å²) in [6, 6.07) is 9.85. The van der Waals surface area contributed by atoms with Gasteiger partial charge in [-0.1, -0.05) is 23.8 Å². The monoisotopic (exact) mass is 299 g/mol. The van der Waals surface area contributed by atoms with Crippen LogP contribution in [0.1, 0.15) is 17.0 Å². The summed E-state index contributed by atoms with van der Waals surface area (Å²) >= 11 is 6.18. The second-order valence-electron chi connectivity index (χ2n) is 4.94. The molecule has 106 valence electrons. The van der Waals surface area contributed by atoms with Crippen LogP contribution in [0.2, 0.25) is 5.28 Å². The van der Waals surface area contributed by atoms with Crippen molar-refractivity contribution in [1.29, 1.82) is 0 Å². The van der Waals surface area contributed by atoms with Gasteiger partial charge in [-0.3, -0.25) is 0 Å². The molecule has 0 aliphatic rings. The van der Waals surface area contributed by atoms with E-state index < -0.39 is 0 Å². The predicted octanol–water partition coefficient (Wildman–Crippen LogP) is 3.30. The van der Waals surface area contributed by atoms with Crippen molar-refractivity contribution in [2.45, 2.75) is 20.8 Å². The van der Waals surface area contributed by atoms with Gasteiger partial charge in [-0.05, 0) is 44.5 Å². The molecule has 2 heterocycles. The number of hydrogen-bond acceptors (Lipinski definition) is 4. The number of rotatable bonds is 2. The molecule has 3 aromatic rings. The summed E-state index contributed by atoms with van der Waals surface area (Å²) in [5, 5.41) is 4.67. The van der Waals surface area contributed by atoms with Gasteiger partial charge in [-0.2, -0.15) is 9.67 Å². The molecule has 0 aliphatic heterocycles. The highest BCUT2D eigenvalue weighted by Crippen LogP contribution is 2.20. The smallest absolute Gasteiger partial charge is 0.216 e. The number of benzene rings is 1. The van der Waals surface area contributed by atoms with Gasteiger partial charge in [-0.25, -0.2) is 9.97 Å². The van der Waals surface area contributed by atoms with Gasteiger partial charge in [0.2, 0.25) is 5.28 Å². The van der Waals surface area contributed by atoms with E-state index in [0.717, 1.165) is 22.5 Å². The molecule has 0 unspecified atom stereocenters. The average Bonchev–Trinajstić information content (AvgIpc) is 2.80. The van der Waals surface area contributed by atoms with Crippen LogP contribution in [0.4, 0.5) is 0 Å². The normalized spacial score (nSPS) is 10.9. The number of hydrogen-bond donors (Lipinski definition) is 0. The Kier molecular flexibility index (Phi) is 3.43. The van der Waals surface area contributed by atoms with Gasteiger partial charge in [0, 0.05) is 17.0 Å². The van der Waals surface area contributed by atoms with Crippen molar-refractivity contribution in [3.05, 3.63) is 52.6 Å². The van der Waals surface area contributed by atoms with E-state index in [4.69, 9.17) is 11.6 Å². The minimum absolute atomic E-state index is 0.247. The lowest BCUT2D eigenvalue weighted by Crippen LogP contribution is -2.05. The van der Waals surface area contributed by atoms with Crippen molar-refractivity contribution >= 4 is 11.6 Å². The second-order valence-corrected chi connectivity index (χ2v) is 5.27. The van der Waals surface area contributed by atoms with E-state index in [0.29, 0.717) is 11.8 Å². The molecule has 6 heteroatoms. The Bertz CT molecular complexity index is 789. The van der Waals surface area contributed by atoms with E-state index in [9.17, 15) is 0 Å². The number of nitrogens with zero attached hydrogens (tertiary/aromatic N) is 5. The Morgan fingerprint density at radius 3 is 2.33 bits per heavy atom. The van der Waals surface area contributed by atoms with Gasteiger partial charge in [0.05, 0.1) is 0 Å². The van der Waals surface area contributed by atoms with E-state index in [1.54, 1.807) is 0 Å². The topological polar surface area (TPSA) is 56.5 Å². The highest BCUT2D eigenvalue weighted by Gasteiger charge is 2.14. The van der Waals surface area contributed by atoms with Gasteiger partial charge in [0.15, 0.2) is 5.82 Å². The molecule has 0 fully saturated rings. The lowest BCUT2D eigenvalue weighted by atomic mass is 10.1. The maximum atomic E-state index is 6.18. The van der Waals surface area contributed by atoms with Crippen molar-refractivity contribution < 1.29 is 0 Å². The molecule has 3 rings (SSSR count). The SMILES string of the molecule is Cc1cccc(-c2nc(Cl)n(-c3nc(C)cc(C)n3)n2)c1. The van der Waals surface area contributed by atoms with Crippen LogP contribution < -0.4 is 0 Å². The molecule has 0 radical (unpaired) electrons. The number of halogens is 1. The molecule has 21 heavy (non-hydrogen) atoms. The summed E-state index contributed by atoms with van der Waals surface area (Å²) < 4.78 is 1.46. The molecule has 2 aromatic heterocycles. The first kappa shape index (κ1) is 13.7. The molecule has 0 N–H and O–H groups in total. The predicted molar refractivity (Wildman–Crippen MR) is 81.6 cm³/mol. The van der Waals surface area contributed by atoms with Crippen LogP contribution in [0, 0.1) is 20.8 Å². The van der Waals surface area contributed by atoms with Crippen LogP contribution in [0.5, 0.6) is 0 Å². The fraction of sp³-hybridized carbons (Fsp3) is 0.200. The molecular formula is C15H14ClN5. The third kappa shape index (κ3) is 2.78. The molecule has 0 spiro atoms. The van der Waals surface area contributed by atoms with Crippen LogP contribution in [0.3, 0.4) is 0 Å². The van der Waals surface area contributed by atoms with E-state index in [-0.39, 0.29) is 5.28 Å². The fourth-order valence-corrected chi connectivity index (χ4v) is 2.32. The molecule has 1 aromatic carbocycles. The zero-order valence-corrected chi connectivity index (χ0v) is 12.8. The van der Waals surface area contributed by atoms with Gasteiger partial charge in [0.25, 0.3) is 5.95 Å². The Morgan fingerprint density at radius 1 is 0.952 bits per heavy atom. The Balaban J connectivity index is 2.09. The minimum Gasteiger partial charge on any atom is -0.216 e. The van der Waals surface area contributed by atoms with E-state index in [1.165, 1.54) is 4.68 Å². The maximum Gasteiger partial charge on any atom is 0.253 e. The average molecular weight is 300 g/mol. The summed E-state index contributed by atoms with van der Waals surface area (Å²) in [5.41, 5.74) is 3.78. The lowest BCUT2D eigenvalue weighted by Gasteiger charge is -2.02. The molecule has 0 amide bonds. The van der Waals surface area contributed by atoms with Crippen LogP contribution in [0.15, 0.2) is 30.3 Å². The van der Waals surface area contributed by atoms with E-state index in [1.807, 2.05) is 51.1 Å². The van der Waals surface area contributed by atoms with Crippen molar-refractivity contribution in [3.8, 4) is 17.3 Å². The third-order valence-corrected chi connectivity index (χ3v) is 3.25. The quantitative estimate of drug-likeness (QED) is 0.728. The number of aromatic nitrogens is 5. The van der Waals surface area contributed by atoms with E-state index in [2.05, 4.69) is 20.1 Å². The van der Waals surface area contributed by atoms with E-state index >= 15 is 0 Å². The van der Waals surface area contributed by atoms with Gasteiger partial charge in [-0.15, -0.1) is 5.10 Å². The van der Waals surface area contributed by atoms with Crippen LogP contribution in [0.25, 0.3) is 17.3 Å². The van der Waals surface area contributed by atoms with Crippen LogP contribution >= 0.6 is 11.6 Å². The molecule has 5 nitrogen and oxygen atoms in total. The van der Waals surface area contributed by atoms with Crippen LogP contribution in [-0.4, -0.2) is 24.7 Å². The Labute approximate surface area is 127 Å². The summed E-state index contributed by atoms with van der Waals surface area (Å²) in [4.78, 5) is 13.0. The Hall–Kier alpha value is -2.27. The summed E-state index contributed by atoms with van der Waals surface area (Å²) in [7, 11) is 0. The maximum absolute atomic E-state index is 6.18. The zero-order chi connectivity index (χ0) is 15.0. The first-order valence-corrected chi connectivity index (χ1v) is 6.93. The molecular weight excluding hydrogens is 286 g/mol. The molecule has 0 bridgehead atoms. The second kappa shape index (κ2) is 5.26. The summed E-state index contributed by atoms with van der Waals surface area (Å²) in [6.45, 7) is 5.84.